The van der Waals surface area contributed by atoms with E-state index in [1.165, 1.54) is 0 Å². The molecule has 1 aliphatic rings. The quantitative estimate of drug-likeness (QED) is 0.726. The molecule has 0 aliphatic carbocycles. The number of likely N-dealkylation sites (tertiary alicyclic amines) is 1. The van der Waals surface area contributed by atoms with Gasteiger partial charge in [0.15, 0.2) is 0 Å². The second-order valence-electron chi connectivity index (χ2n) is 6.36. The van der Waals surface area contributed by atoms with Crippen molar-refractivity contribution in [1.82, 2.24) is 4.90 Å². The first-order valence-electron chi connectivity index (χ1n) is 8.31. The van der Waals surface area contributed by atoms with Gasteiger partial charge in [-0.3, -0.25) is 8.98 Å². The van der Waals surface area contributed by atoms with Gasteiger partial charge in [0.25, 0.3) is 10.1 Å². The summed E-state index contributed by atoms with van der Waals surface area (Å²) in [5.74, 6) is 1.35. The molecule has 2 atom stereocenters. The van der Waals surface area contributed by atoms with Gasteiger partial charge in [0.1, 0.15) is 17.6 Å². The van der Waals surface area contributed by atoms with Crippen LogP contribution in [0.2, 0.25) is 0 Å². The van der Waals surface area contributed by atoms with Crippen LogP contribution in [-0.2, 0) is 25.6 Å². The Bertz CT molecular complexity index is 865. The lowest BCUT2D eigenvalue weighted by Gasteiger charge is -2.24. The average molecular weight is 375 g/mol. The summed E-state index contributed by atoms with van der Waals surface area (Å²) in [6.07, 6.45) is 0.431. The first-order valence-corrected chi connectivity index (χ1v) is 10.1. The Morgan fingerprint density at radius 2 is 1.65 bits per heavy atom. The Labute approximate surface area is 153 Å². The Balaban J connectivity index is 1.64. The first-order chi connectivity index (χ1) is 12.3. The van der Waals surface area contributed by atoms with E-state index in [1.54, 1.807) is 11.8 Å². The van der Waals surface area contributed by atoms with Crippen LogP contribution in [0.5, 0.6) is 11.5 Å². The summed E-state index contributed by atoms with van der Waals surface area (Å²) >= 11 is 0. The van der Waals surface area contributed by atoms with E-state index in [9.17, 15) is 13.2 Å². The summed E-state index contributed by atoms with van der Waals surface area (Å²) in [6, 6.07) is 16.6. The van der Waals surface area contributed by atoms with Gasteiger partial charge in [-0.15, -0.1) is 0 Å². The third-order valence-corrected chi connectivity index (χ3v) is 4.88. The molecule has 138 valence electrons. The zero-order chi connectivity index (χ0) is 18.7. The van der Waals surface area contributed by atoms with Crippen molar-refractivity contribution in [2.24, 2.45) is 0 Å². The molecule has 0 radical (unpaired) electrons. The van der Waals surface area contributed by atoms with Crippen LogP contribution in [-0.4, -0.2) is 37.6 Å². The predicted octanol–water partition coefficient (Wildman–Crippen LogP) is 2.94. The van der Waals surface area contributed by atoms with Gasteiger partial charge in [-0.1, -0.05) is 30.3 Å². The molecule has 1 fully saturated rings. The van der Waals surface area contributed by atoms with E-state index in [0.717, 1.165) is 17.6 Å². The smallest absolute Gasteiger partial charge is 0.264 e. The molecular formula is C19H21NO5S. The van der Waals surface area contributed by atoms with Gasteiger partial charge in [0, 0.05) is 6.54 Å². The molecule has 0 N–H and O–H groups in total. The molecule has 2 aromatic rings. The fourth-order valence-corrected chi connectivity index (χ4v) is 3.62. The molecular weight excluding hydrogens is 354 g/mol. The second kappa shape index (κ2) is 7.47. The third kappa shape index (κ3) is 4.62. The summed E-state index contributed by atoms with van der Waals surface area (Å²) in [7, 11) is -3.59. The highest BCUT2D eigenvalue weighted by Crippen LogP contribution is 2.26. The minimum Gasteiger partial charge on any atom is -0.457 e. The largest absolute Gasteiger partial charge is 0.457 e. The van der Waals surface area contributed by atoms with Crippen LogP contribution in [0.1, 0.15) is 18.9 Å². The molecule has 1 aliphatic heterocycles. The number of hydrogen-bond acceptors (Lipinski definition) is 5. The van der Waals surface area contributed by atoms with Crippen molar-refractivity contribution in [2.45, 2.75) is 32.0 Å². The summed E-state index contributed by atoms with van der Waals surface area (Å²) in [4.78, 5) is 13.9. The number of nitrogens with zero attached hydrogens (tertiary/aromatic N) is 1. The summed E-state index contributed by atoms with van der Waals surface area (Å²) < 4.78 is 33.4. The van der Waals surface area contributed by atoms with Crippen LogP contribution in [0.15, 0.2) is 54.6 Å². The lowest BCUT2D eigenvalue weighted by atomic mass is 10.1. The number of rotatable bonds is 6. The van der Waals surface area contributed by atoms with Gasteiger partial charge in [-0.05, 0) is 36.8 Å². The highest BCUT2D eigenvalue weighted by molar-refractivity contribution is 7.86. The SMILES string of the molecule is C[C@H]1[C@H](OS(C)(=O)=O)CC(=O)N1Cc1ccc(Oc2ccccc2)cc1. The van der Waals surface area contributed by atoms with Crippen LogP contribution < -0.4 is 4.74 Å². The molecule has 0 aromatic heterocycles. The predicted molar refractivity (Wildman–Crippen MR) is 97.3 cm³/mol. The van der Waals surface area contributed by atoms with E-state index in [4.69, 9.17) is 8.92 Å². The molecule has 3 rings (SSSR count). The molecule has 0 bridgehead atoms. The van der Waals surface area contributed by atoms with E-state index in [2.05, 4.69) is 0 Å². The van der Waals surface area contributed by atoms with E-state index in [1.807, 2.05) is 54.6 Å². The average Bonchev–Trinajstić information content (AvgIpc) is 2.83. The highest BCUT2D eigenvalue weighted by Gasteiger charge is 2.39. The lowest BCUT2D eigenvalue weighted by molar-refractivity contribution is -0.129. The topological polar surface area (TPSA) is 72.9 Å². The fraction of sp³-hybridized carbons (Fsp3) is 0.316. The Hall–Kier alpha value is -2.38. The second-order valence-corrected chi connectivity index (χ2v) is 7.96. The van der Waals surface area contributed by atoms with Gasteiger partial charge in [-0.2, -0.15) is 8.42 Å². The Morgan fingerprint density at radius 3 is 2.27 bits per heavy atom. The monoisotopic (exact) mass is 375 g/mol. The van der Waals surface area contributed by atoms with Crippen molar-refractivity contribution < 1.29 is 22.1 Å². The first kappa shape index (κ1) is 18.4. The van der Waals surface area contributed by atoms with Crippen molar-refractivity contribution >= 4 is 16.0 Å². The fourth-order valence-electron chi connectivity index (χ4n) is 2.94. The van der Waals surface area contributed by atoms with Crippen LogP contribution in [0.4, 0.5) is 0 Å². The van der Waals surface area contributed by atoms with E-state index in [-0.39, 0.29) is 18.4 Å². The Kier molecular flexibility index (Phi) is 5.29. The maximum Gasteiger partial charge on any atom is 0.264 e. The maximum atomic E-state index is 12.2. The standard InChI is InChI=1S/C19H21NO5S/c1-14-18(25-26(2,22)23)12-19(21)20(14)13-15-8-10-17(11-9-15)24-16-6-4-3-5-7-16/h3-11,14,18H,12-13H2,1-2H3/t14-,18+/m0/s1. The van der Waals surface area contributed by atoms with Gasteiger partial charge in [0.05, 0.1) is 18.7 Å². The van der Waals surface area contributed by atoms with Gasteiger partial charge in [-0.25, -0.2) is 0 Å². The molecule has 26 heavy (non-hydrogen) atoms. The molecule has 2 aromatic carbocycles. The minimum absolute atomic E-state index is 0.0729. The zero-order valence-corrected chi connectivity index (χ0v) is 15.5. The number of ether oxygens (including phenoxy) is 1. The van der Waals surface area contributed by atoms with Crippen LogP contribution in [0, 0.1) is 0 Å². The minimum atomic E-state index is -3.59. The zero-order valence-electron chi connectivity index (χ0n) is 14.7. The number of benzene rings is 2. The third-order valence-electron chi connectivity index (χ3n) is 4.28. The lowest BCUT2D eigenvalue weighted by Crippen LogP contribution is -2.35. The van der Waals surface area contributed by atoms with Crippen LogP contribution in [0.3, 0.4) is 0 Å². The van der Waals surface area contributed by atoms with E-state index < -0.39 is 16.2 Å². The van der Waals surface area contributed by atoms with E-state index >= 15 is 0 Å². The molecule has 1 saturated heterocycles. The molecule has 0 spiro atoms. The maximum absolute atomic E-state index is 12.2. The molecule has 1 heterocycles. The highest BCUT2D eigenvalue weighted by atomic mass is 32.2. The normalized spacial score (nSPS) is 20.4. The number of amides is 1. The number of hydrogen-bond donors (Lipinski definition) is 0. The number of para-hydroxylation sites is 1. The van der Waals surface area contributed by atoms with Crippen molar-refractivity contribution in [3.05, 3.63) is 60.2 Å². The molecule has 6 nitrogen and oxygen atoms in total. The van der Waals surface area contributed by atoms with E-state index in [0.29, 0.717) is 12.3 Å². The summed E-state index contributed by atoms with van der Waals surface area (Å²) in [5.41, 5.74) is 0.936. The van der Waals surface area contributed by atoms with Gasteiger partial charge in [0.2, 0.25) is 5.91 Å². The Morgan fingerprint density at radius 1 is 1.04 bits per heavy atom. The van der Waals surface area contributed by atoms with Crippen LogP contribution >= 0.6 is 0 Å². The van der Waals surface area contributed by atoms with Crippen molar-refractivity contribution in [2.75, 3.05) is 6.26 Å². The molecule has 7 heteroatoms. The summed E-state index contributed by atoms with van der Waals surface area (Å²) in [6.45, 7) is 2.20. The number of carbonyl (C=O) groups is 1. The van der Waals surface area contributed by atoms with Crippen molar-refractivity contribution in [3.8, 4) is 11.5 Å². The van der Waals surface area contributed by atoms with Gasteiger partial charge < -0.3 is 9.64 Å². The number of carbonyl (C=O) groups excluding carboxylic acids is 1. The summed E-state index contributed by atoms with van der Waals surface area (Å²) in [5, 5.41) is 0. The van der Waals surface area contributed by atoms with Crippen molar-refractivity contribution in [1.29, 1.82) is 0 Å². The molecule has 1 amide bonds. The van der Waals surface area contributed by atoms with Crippen molar-refractivity contribution in [3.63, 3.8) is 0 Å². The van der Waals surface area contributed by atoms with Crippen LogP contribution in [0.25, 0.3) is 0 Å². The van der Waals surface area contributed by atoms with Gasteiger partial charge >= 0.3 is 0 Å². The molecule has 0 saturated carbocycles. The molecule has 0 unspecified atom stereocenters.